The summed E-state index contributed by atoms with van der Waals surface area (Å²) in [6.07, 6.45) is -5.80. The SMILES string of the molecule is [2H]CC(=O)OC[C@H]1OC(n2cc(-c3ccc(Cl)cc3Cl)c3ccccc32)[C@H](OC(=O)C[2H])[C@@H](OC(=O)C[2H])[C@@H]1OC(=O)C[2H]. The summed E-state index contributed by atoms with van der Waals surface area (Å²) < 4.78 is 59.1. The second-order valence-corrected chi connectivity index (χ2v) is 9.55. The van der Waals surface area contributed by atoms with E-state index in [-0.39, 0.29) is 0 Å². The molecule has 2 aromatic carbocycles. The molecule has 5 atom stereocenters. The van der Waals surface area contributed by atoms with Crippen molar-refractivity contribution in [2.75, 3.05) is 6.61 Å². The van der Waals surface area contributed by atoms with Crippen LogP contribution in [0.5, 0.6) is 0 Å². The molecule has 10 nitrogen and oxygen atoms in total. The first-order valence-electron chi connectivity index (χ1n) is 14.6. The third-order valence-electron chi connectivity index (χ3n) is 6.06. The Morgan fingerprint density at radius 3 is 2.17 bits per heavy atom. The smallest absolute Gasteiger partial charge is 0.303 e. The van der Waals surface area contributed by atoms with E-state index in [0.29, 0.717) is 32.1 Å². The van der Waals surface area contributed by atoms with Crippen molar-refractivity contribution < 1.29 is 48.3 Å². The Morgan fingerprint density at radius 2 is 1.50 bits per heavy atom. The molecule has 1 fully saturated rings. The van der Waals surface area contributed by atoms with Gasteiger partial charge in [0.1, 0.15) is 12.7 Å². The minimum atomic E-state index is -1.62. The van der Waals surface area contributed by atoms with Crippen LogP contribution in [0.15, 0.2) is 48.7 Å². The maximum Gasteiger partial charge on any atom is 0.303 e. The van der Waals surface area contributed by atoms with Crippen LogP contribution in [0.1, 0.15) is 39.3 Å². The van der Waals surface area contributed by atoms with Gasteiger partial charge in [-0.25, -0.2) is 0 Å². The molecule has 1 unspecified atom stereocenters. The van der Waals surface area contributed by atoms with Crippen LogP contribution >= 0.6 is 23.2 Å². The van der Waals surface area contributed by atoms with Gasteiger partial charge in [0.2, 0.25) is 0 Å². The Morgan fingerprint density at radius 1 is 0.850 bits per heavy atom. The van der Waals surface area contributed by atoms with Crippen molar-refractivity contribution in [2.45, 2.75) is 58.2 Å². The van der Waals surface area contributed by atoms with Gasteiger partial charge in [-0.3, -0.25) is 19.2 Å². The standard InChI is InChI=1S/C28H27Cl2NO9/c1-14(32)36-13-24-25(37-15(2)33)26(38-16(3)34)27(39-17(4)35)28(40-24)31-12-21(20-7-5-6-8-23(20)31)19-10-9-18(29)11-22(19)30/h5-12,24-28H,13H2,1-4H3/t24-,25-,26+,27-,28?/m1/s1/i1D,2D,3D,4D. The molecule has 3 aromatic rings. The fraction of sp³-hybridized carbons (Fsp3) is 0.357. The van der Waals surface area contributed by atoms with E-state index in [1.54, 1.807) is 47.2 Å². The molecule has 1 aliphatic heterocycles. The maximum atomic E-state index is 12.5. The monoisotopic (exact) mass is 595 g/mol. The molecule has 12 heteroatoms. The van der Waals surface area contributed by atoms with Gasteiger partial charge in [0.25, 0.3) is 0 Å². The van der Waals surface area contributed by atoms with Crippen molar-refractivity contribution in [1.82, 2.24) is 4.57 Å². The lowest BCUT2D eigenvalue weighted by Gasteiger charge is -2.44. The molecule has 0 radical (unpaired) electrons. The first-order chi connectivity index (χ1) is 21.1. The van der Waals surface area contributed by atoms with Crippen LogP contribution in [0, 0.1) is 0 Å². The van der Waals surface area contributed by atoms with Crippen molar-refractivity contribution in [3.05, 3.63) is 58.7 Å². The summed E-state index contributed by atoms with van der Waals surface area (Å²) in [5, 5.41) is 1.44. The van der Waals surface area contributed by atoms with Crippen LogP contribution in [-0.2, 0) is 42.9 Å². The fourth-order valence-corrected chi connectivity index (χ4v) is 5.13. The predicted molar refractivity (Wildman–Crippen MR) is 145 cm³/mol. The third-order valence-corrected chi connectivity index (χ3v) is 6.60. The zero-order valence-corrected chi connectivity index (χ0v) is 22.4. The zero-order chi connectivity index (χ0) is 32.0. The number of carbonyl (C=O) groups is 4. The molecule has 1 aromatic heterocycles. The molecule has 2 heterocycles. The van der Waals surface area contributed by atoms with Gasteiger partial charge in [0, 0.05) is 65.8 Å². The second kappa shape index (κ2) is 12.3. The lowest BCUT2D eigenvalue weighted by atomic mass is 9.97. The number of hydrogen-bond acceptors (Lipinski definition) is 9. The Bertz CT molecular complexity index is 1540. The Labute approximate surface area is 245 Å². The number of fused-ring (bicyclic) bond motifs is 1. The number of hydrogen-bond donors (Lipinski definition) is 0. The van der Waals surface area contributed by atoms with E-state index in [2.05, 4.69) is 0 Å². The van der Waals surface area contributed by atoms with Gasteiger partial charge in [-0.15, -0.1) is 0 Å². The van der Waals surface area contributed by atoms with Crippen LogP contribution in [0.2, 0.25) is 10.0 Å². The predicted octanol–water partition coefficient (Wildman–Crippen LogP) is 4.87. The molecule has 0 amide bonds. The van der Waals surface area contributed by atoms with E-state index in [9.17, 15) is 19.2 Å². The number of nitrogens with zero attached hydrogens (tertiary/aromatic N) is 1. The molecular formula is C28H27Cl2NO9. The van der Waals surface area contributed by atoms with Crippen molar-refractivity contribution in [2.24, 2.45) is 0 Å². The van der Waals surface area contributed by atoms with E-state index in [1.165, 1.54) is 0 Å². The summed E-state index contributed by atoms with van der Waals surface area (Å²) in [7, 11) is 0. The summed E-state index contributed by atoms with van der Waals surface area (Å²) in [5.41, 5.74) is 1.76. The van der Waals surface area contributed by atoms with Crippen molar-refractivity contribution in [1.29, 1.82) is 0 Å². The van der Waals surface area contributed by atoms with Gasteiger partial charge in [0.15, 0.2) is 24.5 Å². The van der Waals surface area contributed by atoms with Crippen LogP contribution in [0.3, 0.4) is 0 Å². The van der Waals surface area contributed by atoms with Gasteiger partial charge < -0.3 is 28.3 Å². The highest BCUT2D eigenvalue weighted by molar-refractivity contribution is 6.36. The molecule has 1 aliphatic rings. The Balaban J connectivity index is 1.92. The Kier molecular flexibility index (Phi) is 7.44. The van der Waals surface area contributed by atoms with Crippen molar-refractivity contribution >= 4 is 58.0 Å². The summed E-state index contributed by atoms with van der Waals surface area (Å²) >= 11 is 12.7. The molecule has 0 bridgehead atoms. The average Bonchev–Trinajstić information content (AvgIpc) is 3.40. The first kappa shape index (κ1) is 24.2. The van der Waals surface area contributed by atoms with Gasteiger partial charge in [-0.1, -0.05) is 47.5 Å². The number of esters is 4. The summed E-state index contributed by atoms with van der Waals surface area (Å²) in [5.74, 6) is -4.08. The minimum absolute atomic E-state index is 0.340. The largest absolute Gasteiger partial charge is 0.463 e. The first-order valence-corrected chi connectivity index (χ1v) is 12.5. The van der Waals surface area contributed by atoms with Crippen molar-refractivity contribution in [3.8, 4) is 11.1 Å². The number of ether oxygens (including phenoxy) is 5. The normalized spacial score (nSPS) is 23.7. The van der Waals surface area contributed by atoms with Crippen LogP contribution in [-0.4, -0.2) is 59.5 Å². The van der Waals surface area contributed by atoms with E-state index in [4.69, 9.17) is 52.4 Å². The maximum absolute atomic E-state index is 12.5. The highest BCUT2D eigenvalue weighted by Gasteiger charge is 2.53. The number of halogens is 2. The third kappa shape index (κ3) is 6.41. The topological polar surface area (TPSA) is 119 Å². The molecule has 212 valence electrons. The number of carbonyl (C=O) groups excluding carboxylic acids is 4. The van der Waals surface area contributed by atoms with Crippen LogP contribution < -0.4 is 0 Å². The highest BCUT2D eigenvalue weighted by Crippen LogP contribution is 2.41. The molecular weight excluding hydrogens is 565 g/mol. The summed E-state index contributed by atoms with van der Waals surface area (Å²) in [6, 6.07) is 12.0. The lowest BCUT2D eigenvalue weighted by Crippen LogP contribution is -2.60. The zero-order valence-electron chi connectivity index (χ0n) is 24.9. The quantitative estimate of drug-likeness (QED) is 0.278. The minimum Gasteiger partial charge on any atom is -0.463 e. The van der Waals surface area contributed by atoms with Gasteiger partial charge >= 0.3 is 23.9 Å². The Hall–Kier alpha value is -3.60. The van der Waals surface area contributed by atoms with Crippen LogP contribution in [0.4, 0.5) is 0 Å². The fourth-order valence-electron chi connectivity index (χ4n) is 4.62. The van der Waals surface area contributed by atoms with Gasteiger partial charge in [0.05, 0.1) is 5.52 Å². The average molecular weight is 596 g/mol. The van der Waals surface area contributed by atoms with Crippen molar-refractivity contribution in [3.63, 3.8) is 0 Å². The number of aromatic nitrogens is 1. The molecule has 0 N–H and O–H groups in total. The molecule has 0 spiro atoms. The molecule has 0 saturated carbocycles. The van der Waals surface area contributed by atoms with E-state index < -0.39 is 88.7 Å². The second-order valence-electron chi connectivity index (χ2n) is 8.70. The molecule has 40 heavy (non-hydrogen) atoms. The van der Waals surface area contributed by atoms with E-state index in [0.717, 1.165) is 0 Å². The van der Waals surface area contributed by atoms with Crippen LogP contribution in [0.25, 0.3) is 22.0 Å². The summed E-state index contributed by atoms with van der Waals surface area (Å²) in [6.45, 7) is -3.79. The number of benzene rings is 2. The number of para-hydroxylation sites is 1. The summed E-state index contributed by atoms with van der Waals surface area (Å²) in [4.78, 5) is 49.2. The van der Waals surface area contributed by atoms with E-state index >= 15 is 0 Å². The van der Waals surface area contributed by atoms with Gasteiger partial charge in [-0.05, 0) is 18.2 Å². The number of rotatable bonds is 7. The lowest BCUT2D eigenvalue weighted by molar-refractivity contribution is -0.267. The van der Waals surface area contributed by atoms with Gasteiger partial charge in [-0.2, -0.15) is 0 Å². The molecule has 4 rings (SSSR count). The molecule has 1 saturated heterocycles. The highest BCUT2D eigenvalue weighted by atomic mass is 35.5. The molecule has 0 aliphatic carbocycles. The van der Waals surface area contributed by atoms with E-state index in [1.807, 2.05) is 6.07 Å².